The monoisotopic (exact) mass is 369 g/mol. The minimum absolute atomic E-state index is 0.144. The van der Waals surface area contributed by atoms with Crippen LogP contribution < -0.4 is 5.32 Å². The maximum Gasteiger partial charge on any atom is 0.328 e. The van der Waals surface area contributed by atoms with Crippen LogP contribution in [0.25, 0.3) is 0 Å². The molecule has 1 unspecified atom stereocenters. The molecule has 1 atom stereocenters. The Labute approximate surface area is 162 Å². The summed E-state index contributed by atoms with van der Waals surface area (Å²) in [6.45, 7) is 11.4. The summed E-state index contributed by atoms with van der Waals surface area (Å²) in [4.78, 5) is 10.6. The number of nitrogens with one attached hydrogen (secondary N) is 1. The second-order valence-corrected chi connectivity index (χ2v) is 7.91. The fourth-order valence-corrected chi connectivity index (χ4v) is 3.64. The Balaban J connectivity index is 2.17. The largest absolute Gasteiger partial charge is 0.478 e. The molecule has 5 heteroatoms. The van der Waals surface area contributed by atoms with Gasteiger partial charge in [0.05, 0.1) is 6.04 Å². The highest BCUT2D eigenvalue weighted by Crippen LogP contribution is 2.42. The van der Waals surface area contributed by atoms with E-state index in [9.17, 15) is 4.79 Å². The third kappa shape index (κ3) is 5.71. The second kappa shape index (κ2) is 8.89. The molecule has 5 nitrogen and oxygen atoms in total. The van der Waals surface area contributed by atoms with Gasteiger partial charge < -0.3 is 10.4 Å². The highest BCUT2D eigenvalue weighted by atomic mass is 16.4. The fraction of sp³-hybridized carbons (Fsp3) is 0.455. The van der Waals surface area contributed by atoms with Crippen LogP contribution in [0.2, 0.25) is 0 Å². The molecular formula is C22H31N3O2. The smallest absolute Gasteiger partial charge is 0.328 e. The quantitative estimate of drug-likeness (QED) is 0.538. The van der Waals surface area contributed by atoms with Crippen LogP contribution in [-0.2, 0) is 4.79 Å². The minimum atomic E-state index is -0.924. The molecule has 0 bridgehead atoms. The number of carboxylic acids is 1. The van der Waals surface area contributed by atoms with Crippen LogP contribution in [0.3, 0.4) is 0 Å². The minimum Gasteiger partial charge on any atom is -0.478 e. The average molecular weight is 370 g/mol. The number of carboxylic acid groups (broad SMARTS) is 1. The lowest BCUT2D eigenvalue weighted by Crippen LogP contribution is -2.38. The van der Waals surface area contributed by atoms with Crippen molar-refractivity contribution in [3.8, 4) is 0 Å². The summed E-state index contributed by atoms with van der Waals surface area (Å²) >= 11 is 0. The number of nitrogens with zero attached hydrogens (tertiary/aromatic N) is 2. The summed E-state index contributed by atoms with van der Waals surface area (Å²) in [6, 6.07) is 0.344. The van der Waals surface area contributed by atoms with E-state index in [-0.39, 0.29) is 5.41 Å². The molecule has 0 saturated heterocycles. The van der Waals surface area contributed by atoms with Gasteiger partial charge in [-0.1, -0.05) is 49.8 Å². The van der Waals surface area contributed by atoms with Crippen molar-refractivity contribution in [2.24, 2.45) is 10.5 Å². The van der Waals surface area contributed by atoms with Gasteiger partial charge in [0.2, 0.25) is 0 Å². The van der Waals surface area contributed by atoms with E-state index in [0.717, 1.165) is 25.1 Å². The Morgan fingerprint density at radius 2 is 2.07 bits per heavy atom. The molecule has 1 heterocycles. The molecule has 0 aromatic carbocycles. The summed E-state index contributed by atoms with van der Waals surface area (Å²) in [5, 5.41) is 18.5. The summed E-state index contributed by atoms with van der Waals surface area (Å²) in [6.07, 6.45) is 15.2. The van der Waals surface area contributed by atoms with Gasteiger partial charge >= 0.3 is 5.97 Å². The van der Waals surface area contributed by atoms with Gasteiger partial charge in [-0.25, -0.2) is 4.79 Å². The molecule has 2 rings (SSSR count). The lowest BCUT2D eigenvalue weighted by Gasteiger charge is -2.40. The van der Waals surface area contributed by atoms with Crippen LogP contribution >= 0.6 is 0 Å². The van der Waals surface area contributed by atoms with Crippen LogP contribution in [0.5, 0.6) is 0 Å². The number of carbonyl (C=O) groups is 1. The Hall–Kier alpha value is -2.56. The molecule has 0 saturated carbocycles. The lowest BCUT2D eigenvalue weighted by atomic mass is 9.70. The van der Waals surface area contributed by atoms with Gasteiger partial charge in [0.15, 0.2) is 0 Å². The normalized spacial score (nSPS) is 23.6. The Bertz CT molecular complexity index is 752. The number of hydrazone groups is 1. The van der Waals surface area contributed by atoms with E-state index in [1.54, 1.807) is 19.3 Å². The summed E-state index contributed by atoms with van der Waals surface area (Å²) in [5.74, 6) is -0.924. The highest BCUT2D eigenvalue weighted by Gasteiger charge is 2.34. The van der Waals surface area contributed by atoms with Crippen molar-refractivity contribution >= 4 is 12.3 Å². The molecule has 2 aliphatic rings. The maximum atomic E-state index is 10.6. The molecular weight excluding hydrogens is 338 g/mol. The van der Waals surface area contributed by atoms with Crippen molar-refractivity contribution in [1.82, 2.24) is 10.3 Å². The first-order chi connectivity index (χ1) is 12.7. The number of hydrogen-bond donors (Lipinski definition) is 2. The van der Waals surface area contributed by atoms with Crippen molar-refractivity contribution < 1.29 is 9.90 Å². The van der Waals surface area contributed by atoms with Gasteiger partial charge in [0, 0.05) is 6.08 Å². The van der Waals surface area contributed by atoms with E-state index in [2.05, 4.69) is 55.3 Å². The molecule has 0 radical (unpaired) electrons. The van der Waals surface area contributed by atoms with Crippen LogP contribution in [0.4, 0.5) is 0 Å². The average Bonchev–Trinajstić information content (AvgIpc) is 3.07. The van der Waals surface area contributed by atoms with Crippen molar-refractivity contribution in [3.05, 3.63) is 58.7 Å². The van der Waals surface area contributed by atoms with E-state index in [1.165, 1.54) is 17.2 Å². The van der Waals surface area contributed by atoms with Gasteiger partial charge in [0.25, 0.3) is 0 Å². The standard InChI is InChI=1S/C22H31N3O2/c1-16(7-6-8-17(2)13-21(26)27)9-10-19-18(3)20(11-12-22(19,4)5)25-15-23-14-24-25/h6-10,13-14,20H,11-12,15H2,1-5H3,(H,23,24)(H,26,27)/b8-6+,10-9+,16-7+,17-13+. The topological polar surface area (TPSA) is 64.9 Å². The zero-order chi connectivity index (χ0) is 20.0. The zero-order valence-corrected chi connectivity index (χ0v) is 17.0. The molecule has 2 N–H and O–H groups in total. The van der Waals surface area contributed by atoms with E-state index in [0.29, 0.717) is 11.6 Å². The van der Waals surface area contributed by atoms with E-state index < -0.39 is 5.97 Å². The summed E-state index contributed by atoms with van der Waals surface area (Å²) in [5.41, 5.74) is 4.73. The van der Waals surface area contributed by atoms with E-state index in [4.69, 9.17) is 5.11 Å². The van der Waals surface area contributed by atoms with Crippen LogP contribution in [0.1, 0.15) is 47.5 Å². The number of rotatable bonds is 6. The Morgan fingerprint density at radius 1 is 1.33 bits per heavy atom. The fourth-order valence-electron chi connectivity index (χ4n) is 3.64. The first-order valence-corrected chi connectivity index (χ1v) is 9.39. The summed E-state index contributed by atoms with van der Waals surface area (Å²) in [7, 11) is 0. The molecule has 146 valence electrons. The SMILES string of the molecule is CC1=C(/C=C/C(C)=C/C=C/C(C)=C/C(=O)O)C(C)(C)CCC1N1CNC=N1. The molecule has 0 fully saturated rings. The van der Waals surface area contributed by atoms with E-state index >= 15 is 0 Å². The number of allylic oxidation sites excluding steroid dienone is 8. The van der Waals surface area contributed by atoms with Crippen LogP contribution in [0, 0.1) is 5.41 Å². The van der Waals surface area contributed by atoms with Gasteiger partial charge in [-0.15, -0.1) is 0 Å². The predicted octanol–water partition coefficient (Wildman–Crippen LogP) is 4.39. The zero-order valence-electron chi connectivity index (χ0n) is 17.0. The first kappa shape index (κ1) is 20.7. The van der Waals surface area contributed by atoms with Crippen molar-refractivity contribution in [1.29, 1.82) is 0 Å². The number of aliphatic carboxylic acids is 1. The molecule has 0 aromatic heterocycles. The maximum absolute atomic E-state index is 10.6. The Morgan fingerprint density at radius 3 is 2.70 bits per heavy atom. The van der Waals surface area contributed by atoms with Gasteiger partial charge in [-0.3, -0.25) is 5.01 Å². The van der Waals surface area contributed by atoms with Crippen molar-refractivity contribution in [3.63, 3.8) is 0 Å². The highest BCUT2D eigenvalue weighted by molar-refractivity contribution is 5.81. The van der Waals surface area contributed by atoms with Crippen molar-refractivity contribution in [2.45, 2.75) is 53.5 Å². The van der Waals surface area contributed by atoms with Crippen LogP contribution in [-0.4, -0.2) is 35.1 Å². The Kier molecular flexibility index (Phi) is 6.83. The lowest BCUT2D eigenvalue weighted by molar-refractivity contribution is -0.131. The predicted molar refractivity (Wildman–Crippen MR) is 111 cm³/mol. The van der Waals surface area contributed by atoms with E-state index in [1.807, 2.05) is 12.2 Å². The molecule has 0 aromatic rings. The van der Waals surface area contributed by atoms with Gasteiger partial charge in [-0.05, 0) is 55.7 Å². The van der Waals surface area contributed by atoms with Gasteiger partial charge in [0.1, 0.15) is 13.0 Å². The molecule has 27 heavy (non-hydrogen) atoms. The van der Waals surface area contributed by atoms with Gasteiger partial charge in [-0.2, -0.15) is 5.10 Å². The molecule has 0 amide bonds. The van der Waals surface area contributed by atoms with Crippen molar-refractivity contribution in [2.75, 3.05) is 6.67 Å². The third-order valence-corrected chi connectivity index (χ3v) is 5.19. The third-order valence-electron chi connectivity index (χ3n) is 5.19. The first-order valence-electron chi connectivity index (χ1n) is 9.39. The molecule has 1 aliphatic carbocycles. The number of hydrogen-bond acceptors (Lipinski definition) is 4. The second-order valence-electron chi connectivity index (χ2n) is 7.91. The molecule has 1 aliphatic heterocycles. The molecule has 0 spiro atoms. The summed E-state index contributed by atoms with van der Waals surface area (Å²) < 4.78 is 0. The van der Waals surface area contributed by atoms with Crippen LogP contribution in [0.15, 0.2) is 63.8 Å².